The predicted molar refractivity (Wildman–Crippen MR) is 127 cm³/mol. The third kappa shape index (κ3) is 4.19. The van der Waals surface area contributed by atoms with Crippen LogP contribution in [-0.4, -0.2) is 38.3 Å². The smallest absolute Gasteiger partial charge is 0.161 e. The molecule has 1 heterocycles. The number of aromatic nitrogens is 1. The average molecular weight is 422 g/mol. The van der Waals surface area contributed by atoms with Crippen molar-refractivity contribution < 1.29 is 8.85 Å². The second-order valence-electron chi connectivity index (χ2n) is 9.69. The van der Waals surface area contributed by atoms with Crippen LogP contribution in [0.15, 0.2) is 24.4 Å². The Morgan fingerprint density at radius 2 is 1.56 bits per heavy atom. The van der Waals surface area contributed by atoms with E-state index in [0.29, 0.717) is 5.04 Å². The SMILES string of the molecule is C[SiH2]OC(O[SiH2]C)C(C)(C)c1ccc2c(c1)c(C)cn2[Si](C)(C)C(C)(C)C. The standard InChI is InChI=1S/C21H39NO2Si3/c1-15-14-22(27(9,10)20(2,3)4)18-12-11-16(13-17(15)18)21(5,6)19(23-25-7)24-26-8/h11-14,19H,25-26H2,1-10H3. The van der Waals surface area contributed by atoms with Crippen LogP contribution in [0.3, 0.4) is 0 Å². The van der Waals surface area contributed by atoms with E-state index >= 15 is 0 Å². The molecule has 27 heavy (non-hydrogen) atoms. The third-order valence-electron chi connectivity index (χ3n) is 6.41. The Labute approximate surface area is 171 Å². The number of hydrogen-bond donors (Lipinski definition) is 0. The molecule has 6 heteroatoms. The highest BCUT2D eigenvalue weighted by molar-refractivity contribution is 6.79. The monoisotopic (exact) mass is 421 g/mol. The molecule has 2 rings (SSSR count). The Kier molecular flexibility index (Phi) is 6.69. The first-order chi connectivity index (χ1) is 12.4. The van der Waals surface area contributed by atoms with Gasteiger partial charge in [0.05, 0.1) is 0 Å². The van der Waals surface area contributed by atoms with Crippen molar-refractivity contribution in [3.8, 4) is 0 Å². The van der Waals surface area contributed by atoms with Crippen LogP contribution in [0.4, 0.5) is 0 Å². The molecule has 0 bridgehead atoms. The van der Waals surface area contributed by atoms with Crippen molar-refractivity contribution >= 4 is 38.7 Å². The van der Waals surface area contributed by atoms with Gasteiger partial charge in [0.2, 0.25) is 0 Å². The summed E-state index contributed by atoms with van der Waals surface area (Å²) in [5.74, 6) is 0. The van der Waals surface area contributed by atoms with Crippen LogP contribution in [0.2, 0.25) is 31.2 Å². The minimum atomic E-state index is -1.66. The highest BCUT2D eigenvalue weighted by Crippen LogP contribution is 2.40. The molecule has 1 aromatic heterocycles. The van der Waals surface area contributed by atoms with Gasteiger partial charge in [-0.3, -0.25) is 0 Å². The Morgan fingerprint density at radius 3 is 2.04 bits per heavy atom. The number of hydrogen-bond acceptors (Lipinski definition) is 2. The van der Waals surface area contributed by atoms with Crippen LogP contribution >= 0.6 is 0 Å². The average Bonchev–Trinajstić information content (AvgIpc) is 2.90. The second kappa shape index (κ2) is 7.99. The summed E-state index contributed by atoms with van der Waals surface area (Å²) < 4.78 is 14.8. The fourth-order valence-electron chi connectivity index (χ4n) is 3.52. The van der Waals surface area contributed by atoms with E-state index in [9.17, 15) is 0 Å². The van der Waals surface area contributed by atoms with Crippen LogP contribution < -0.4 is 0 Å². The Hall–Kier alpha value is -0.669. The van der Waals surface area contributed by atoms with Gasteiger partial charge < -0.3 is 13.1 Å². The van der Waals surface area contributed by atoms with E-state index in [-0.39, 0.29) is 11.7 Å². The highest BCUT2D eigenvalue weighted by atomic mass is 28.3. The number of nitrogens with zero attached hydrogens (tertiary/aromatic N) is 1. The van der Waals surface area contributed by atoms with Gasteiger partial charge >= 0.3 is 0 Å². The largest absolute Gasteiger partial charge is 0.400 e. The van der Waals surface area contributed by atoms with Crippen molar-refractivity contribution in [1.29, 1.82) is 0 Å². The third-order valence-corrected chi connectivity index (χ3v) is 12.9. The van der Waals surface area contributed by atoms with Crippen LogP contribution in [0.1, 0.15) is 45.7 Å². The highest BCUT2D eigenvalue weighted by Gasteiger charge is 2.39. The van der Waals surface area contributed by atoms with Crippen molar-refractivity contribution in [1.82, 2.24) is 4.23 Å². The molecule has 0 amide bonds. The summed E-state index contributed by atoms with van der Waals surface area (Å²) in [7, 11) is -2.69. The molecular weight excluding hydrogens is 382 g/mol. The zero-order valence-corrected chi connectivity index (χ0v) is 22.9. The Bertz CT molecular complexity index is 785. The molecule has 0 unspecified atom stereocenters. The molecule has 0 radical (unpaired) electrons. The van der Waals surface area contributed by atoms with Gasteiger partial charge in [-0.25, -0.2) is 0 Å². The van der Waals surface area contributed by atoms with E-state index < -0.39 is 27.8 Å². The number of rotatable bonds is 7. The molecule has 0 saturated carbocycles. The summed E-state index contributed by atoms with van der Waals surface area (Å²) in [4.78, 5) is 0. The fourth-order valence-corrected chi connectivity index (χ4v) is 7.38. The molecule has 2 aromatic rings. The van der Waals surface area contributed by atoms with Crippen LogP contribution in [-0.2, 0) is 14.3 Å². The normalized spacial score (nSPS) is 15.6. The first-order valence-electron chi connectivity index (χ1n) is 10.2. The first-order valence-corrected chi connectivity index (χ1v) is 17.2. The van der Waals surface area contributed by atoms with E-state index in [1.54, 1.807) is 0 Å². The zero-order valence-electron chi connectivity index (χ0n) is 19.1. The van der Waals surface area contributed by atoms with E-state index in [2.05, 4.69) is 96.4 Å². The van der Waals surface area contributed by atoms with Gasteiger partial charge in [0, 0.05) is 16.3 Å². The maximum Gasteiger partial charge on any atom is 0.161 e. The minimum absolute atomic E-state index is 0.119. The molecule has 0 fully saturated rings. The van der Waals surface area contributed by atoms with Gasteiger partial charge in [-0.1, -0.05) is 66.9 Å². The lowest BCUT2D eigenvalue weighted by Gasteiger charge is -2.38. The van der Waals surface area contributed by atoms with E-state index in [0.717, 1.165) is 0 Å². The molecule has 0 saturated heterocycles. The molecule has 0 N–H and O–H groups in total. The quantitative estimate of drug-likeness (QED) is 0.478. The molecule has 3 nitrogen and oxygen atoms in total. The molecule has 152 valence electrons. The van der Waals surface area contributed by atoms with Crippen LogP contribution in [0, 0.1) is 6.92 Å². The molecular formula is C21H39NO2Si3. The van der Waals surface area contributed by atoms with E-state index in [4.69, 9.17) is 8.85 Å². The maximum atomic E-state index is 6.10. The van der Waals surface area contributed by atoms with Crippen molar-refractivity contribution in [2.75, 3.05) is 0 Å². The zero-order chi connectivity index (χ0) is 20.6. The minimum Gasteiger partial charge on any atom is -0.400 e. The Morgan fingerprint density at radius 1 is 1.00 bits per heavy atom. The molecule has 1 aromatic carbocycles. The lowest BCUT2D eigenvalue weighted by Crippen LogP contribution is -2.44. The second-order valence-corrected chi connectivity index (χ2v) is 16.6. The molecule has 0 aliphatic rings. The summed E-state index contributed by atoms with van der Waals surface area (Å²) >= 11 is 0. The number of benzene rings is 1. The molecule has 0 aliphatic heterocycles. The maximum absolute atomic E-state index is 6.10. The van der Waals surface area contributed by atoms with Gasteiger partial charge in [0.1, 0.15) is 6.29 Å². The lowest BCUT2D eigenvalue weighted by molar-refractivity contribution is -0.0432. The number of aryl methyl sites for hydroxylation is 1. The summed E-state index contributed by atoms with van der Waals surface area (Å²) in [6, 6.07) is 6.99. The molecule has 0 spiro atoms. The van der Waals surface area contributed by atoms with Gasteiger partial charge in [-0.15, -0.1) is 0 Å². The van der Waals surface area contributed by atoms with E-state index in [1.165, 1.54) is 22.0 Å². The fraction of sp³-hybridized carbons (Fsp3) is 0.619. The topological polar surface area (TPSA) is 23.4 Å². The first kappa shape index (κ1) is 22.6. The predicted octanol–water partition coefficient (Wildman–Crippen LogP) is 4.70. The summed E-state index contributed by atoms with van der Waals surface area (Å²) in [6.45, 7) is 23.2. The van der Waals surface area contributed by atoms with Crippen LogP contribution in [0.5, 0.6) is 0 Å². The lowest BCUT2D eigenvalue weighted by atomic mass is 9.83. The molecule has 0 atom stereocenters. The van der Waals surface area contributed by atoms with Crippen molar-refractivity contribution in [2.24, 2.45) is 0 Å². The molecule has 0 aliphatic carbocycles. The Balaban J connectivity index is 2.57. The van der Waals surface area contributed by atoms with E-state index in [1.807, 2.05) is 0 Å². The summed E-state index contributed by atoms with van der Waals surface area (Å²) in [5, 5.41) is 1.67. The van der Waals surface area contributed by atoms with Crippen molar-refractivity contribution in [2.45, 2.75) is 84.5 Å². The summed E-state index contributed by atoms with van der Waals surface area (Å²) in [5.41, 5.74) is 3.89. The number of fused-ring (bicyclic) bond motifs is 1. The van der Waals surface area contributed by atoms with Crippen molar-refractivity contribution in [3.05, 3.63) is 35.5 Å². The van der Waals surface area contributed by atoms with Gasteiger partial charge in [-0.2, -0.15) is 0 Å². The van der Waals surface area contributed by atoms with Gasteiger partial charge in [-0.05, 0) is 41.4 Å². The summed E-state index contributed by atoms with van der Waals surface area (Å²) in [6.07, 6.45) is 2.26. The van der Waals surface area contributed by atoms with Gasteiger partial charge in [0.25, 0.3) is 0 Å². The van der Waals surface area contributed by atoms with Crippen LogP contribution in [0.25, 0.3) is 10.9 Å². The van der Waals surface area contributed by atoms with Gasteiger partial charge in [0.15, 0.2) is 27.8 Å². The van der Waals surface area contributed by atoms with Crippen molar-refractivity contribution in [3.63, 3.8) is 0 Å².